The molecule has 40 heavy (non-hydrogen) atoms. The molecule has 4 fully saturated rings. The van der Waals surface area contributed by atoms with Crippen LogP contribution in [0.2, 0.25) is 0 Å². The summed E-state index contributed by atoms with van der Waals surface area (Å²) in [6, 6.07) is 27.7. The smallest absolute Gasteiger partial charge is 0.315 e. The van der Waals surface area contributed by atoms with E-state index in [1.165, 1.54) is 38.5 Å². The number of benzene rings is 3. The summed E-state index contributed by atoms with van der Waals surface area (Å²) in [7, 11) is 0. The summed E-state index contributed by atoms with van der Waals surface area (Å²) >= 11 is 0. The van der Waals surface area contributed by atoms with Crippen molar-refractivity contribution in [2.75, 3.05) is 0 Å². The molecule has 3 N–H and O–H groups in total. The summed E-state index contributed by atoms with van der Waals surface area (Å²) < 4.78 is 0. The van der Waals surface area contributed by atoms with Crippen molar-refractivity contribution in [3.05, 3.63) is 108 Å². The summed E-state index contributed by atoms with van der Waals surface area (Å²) in [4.78, 5) is 32.4. The summed E-state index contributed by atoms with van der Waals surface area (Å²) in [6.45, 7) is 0. The normalized spacial score (nSPS) is 23.8. The number of aliphatic carboxylic acids is 3. The van der Waals surface area contributed by atoms with Crippen LogP contribution in [0.3, 0.4) is 0 Å². The Morgan fingerprint density at radius 2 is 1.02 bits per heavy atom. The molecule has 4 bridgehead atoms. The van der Waals surface area contributed by atoms with Crippen molar-refractivity contribution in [3.63, 3.8) is 0 Å². The third-order valence-electron chi connectivity index (χ3n) is 8.40. The van der Waals surface area contributed by atoms with Crippen molar-refractivity contribution in [2.45, 2.75) is 57.3 Å². The highest BCUT2D eigenvalue weighted by Gasteiger charge is 2.51. The molecule has 210 valence electrons. The molecule has 3 aromatic rings. The maximum absolute atomic E-state index is 11.3. The zero-order chi connectivity index (χ0) is 28.5. The van der Waals surface area contributed by atoms with Crippen LogP contribution in [0.5, 0.6) is 0 Å². The monoisotopic (exact) mass is 542 g/mol. The molecule has 4 saturated carbocycles. The molecule has 0 spiro atoms. The molecular weight excluding hydrogens is 504 g/mol. The van der Waals surface area contributed by atoms with E-state index in [1.54, 1.807) is 12.1 Å². The lowest BCUT2D eigenvalue weighted by molar-refractivity contribution is -0.145. The maximum Gasteiger partial charge on any atom is 0.315 e. The Kier molecular flexibility index (Phi) is 9.75. The van der Waals surface area contributed by atoms with Crippen molar-refractivity contribution in [1.82, 2.24) is 0 Å². The minimum atomic E-state index is -0.822. The van der Waals surface area contributed by atoms with Crippen molar-refractivity contribution in [3.8, 4) is 0 Å². The first-order valence-corrected chi connectivity index (χ1v) is 14.0. The van der Waals surface area contributed by atoms with Crippen LogP contribution in [0, 0.1) is 23.2 Å². The highest BCUT2D eigenvalue weighted by atomic mass is 16.4. The standard InChI is InChI=1S/C14H12O2.C12H18O2.C8H8O2/c15-14(16)13(11-7-3-1-4-8-11)12-9-5-2-6-10-12;13-11(14)7-12-4-8-1-9(5-12)3-10(2-8)6-12;9-8(10)6-7-4-2-1-3-5-7/h1-10,13H,(H,15,16);8-10H,1-7H2,(H,13,14);1-5H,6H2,(H,9,10). The van der Waals surface area contributed by atoms with E-state index in [1.807, 2.05) is 78.9 Å². The molecule has 4 aliphatic rings. The Balaban J connectivity index is 0.000000143. The van der Waals surface area contributed by atoms with E-state index in [0.717, 1.165) is 34.4 Å². The van der Waals surface area contributed by atoms with E-state index in [0.29, 0.717) is 6.42 Å². The fourth-order valence-corrected chi connectivity index (χ4v) is 7.37. The third-order valence-corrected chi connectivity index (χ3v) is 8.40. The molecule has 0 radical (unpaired) electrons. The van der Waals surface area contributed by atoms with Gasteiger partial charge in [-0.05, 0) is 78.4 Å². The van der Waals surface area contributed by atoms with Crippen molar-refractivity contribution >= 4 is 17.9 Å². The predicted octanol–water partition coefficient (Wildman–Crippen LogP) is 6.89. The van der Waals surface area contributed by atoms with Crippen LogP contribution >= 0.6 is 0 Å². The van der Waals surface area contributed by atoms with Gasteiger partial charge in [-0.3, -0.25) is 14.4 Å². The Hall–Kier alpha value is -3.93. The average Bonchev–Trinajstić information content (AvgIpc) is 2.89. The maximum atomic E-state index is 11.3. The molecule has 6 nitrogen and oxygen atoms in total. The van der Waals surface area contributed by atoms with Gasteiger partial charge in [0.2, 0.25) is 0 Å². The number of carboxylic acid groups (broad SMARTS) is 3. The number of carbonyl (C=O) groups is 3. The van der Waals surface area contributed by atoms with Gasteiger partial charge in [-0.25, -0.2) is 0 Å². The molecule has 0 saturated heterocycles. The number of hydrogen-bond donors (Lipinski definition) is 3. The van der Waals surface area contributed by atoms with Crippen LogP contribution in [0.4, 0.5) is 0 Å². The van der Waals surface area contributed by atoms with Gasteiger partial charge in [0.25, 0.3) is 0 Å². The van der Waals surface area contributed by atoms with Crippen LogP contribution in [0.15, 0.2) is 91.0 Å². The lowest BCUT2D eigenvalue weighted by atomic mass is 9.49. The van der Waals surface area contributed by atoms with Crippen molar-refractivity contribution in [2.24, 2.45) is 23.2 Å². The van der Waals surface area contributed by atoms with Gasteiger partial charge in [0.15, 0.2) is 0 Å². The second-order valence-corrected chi connectivity index (χ2v) is 11.6. The largest absolute Gasteiger partial charge is 0.481 e. The number of hydrogen-bond acceptors (Lipinski definition) is 3. The average molecular weight is 543 g/mol. The van der Waals surface area contributed by atoms with Crippen LogP contribution in [-0.4, -0.2) is 33.2 Å². The van der Waals surface area contributed by atoms with E-state index in [9.17, 15) is 19.5 Å². The van der Waals surface area contributed by atoms with Gasteiger partial charge in [-0.2, -0.15) is 0 Å². The lowest BCUT2D eigenvalue weighted by Gasteiger charge is -2.56. The molecule has 7 rings (SSSR count). The molecular formula is C34H38O6. The van der Waals surface area contributed by atoms with Gasteiger partial charge < -0.3 is 15.3 Å². The van der Waals surface area contributed by atoms with Gasteiger partial charge in [0.05, 0.1) is 12.8 Å². The summed E-state index contributed by atoms with van der Waals surface area (Å²) in [5, 5.41) is 26.6. The minimum absolute atomic E-state index is 0.112. The van der Waals surface area contributed by atoms with E-state index < -0.39 is 23.8 Å². The van der Waals surface area contributed by atoms with Gasteiger partial charge in [0.1, 0.15) is 5.92 Å². The first kappa shape index (κ1) is 29.1. The van der Waals surface area contributed by atoms with Gasteiger partial charge in [-0.1, -0.05) is 91.0 Å². The van der Waals surface area contributed by atoms with Crippen LogP contribution < -0.4 is 0 Å². The fraction of sp³-hybridized carbons (Fsp3) is 0.382. The molecule has 0 unspecified atom stereocenters. The fourth-order valence-electron chi connectivity index (χ4n) is 7.37. The Morgan fingerprint density at radius 3 is 1.38 bits per heavy atom. The van der Waals surface area contributed by atoms with Crippen LogP contribution in [-0.2, 0) is 20.8 Å². The molecule has 3 aromatic carbocycles. The molecule has 0 aromatic heterocycles. The number of rotatable bonds is 7. The van der Waals surface area contributed by atoms with Crippen LogP contribution in [0.25, 0.3) is 0 Å². The highest BCUT2D eigenvalue weighted by molar-refractivity contribution is 5.80. The molecule has 0 aliphatic heterocycles. The summed E-state index contributed by atoms with van der Waals surface area (Å²) in [5.74, 6) is -0.139. The quantitative estimate of drug-likeness (QED) is 0.300. The third kappa shape index (κ3) is 8.04. The first-order chi connectivity index (χ1) is 19.2. The topological polar surface area (TPSA) is 112 Å². The van der Waals surface area contributed by atoms with Gasteiger partial charge in [0, 0.05) is 0 Å². The van der Waals surface area contributed by atoms with Crippen molar-refractivity contribution < 1.29 is 29.7 Å². The Bertz CT molecular complexity index is 1180. The van der Waals surface area contributed by atoms with Crippen LogP contribution in [0.1, 0.15) is 67.6 Å². The highest BCUT2D eigenvalue weighted by Crippen LogP contribution is 2.61. The molecule has 4 aliphatic carbocycles. The van der Waals surface area contributed by atoms with E-state index in [-0.39, 0.29) is 11.8 Å². The van der Waals surface area contributed by atoms with Gasteiger partial charge >= 0.3 is 17.9 Å². The Morgan fingerprint density at radius 1 is 0.625 bits per heavy atom. The Labute approximate surface area is 235 Å². The van der Waals surface area contributed by atoms with Crippen molar-refractivity contribution in [1.29, 1.82) is 0 Å². The SMILES string of the molecule is O=C(O)C(c1ccccc1)c1ccccc1.O=C(O)CC12CC3CC(CC(C3)C1)C2.O=C(O)Cc1ccccc1. The number of carboxylic acids is 3. The second kappa shape index (κ2) is 13.4. The first-order valence-electron chi connectivity index (χ1n) is 14.0. The predicted molar refractivity (Wildman–Crippen MR) is 153 cm³/mol. The van der Waals surface area contributed by atoms with E-state index >= 15 is 0 Å². The zero-order valence-corrected chi connectivity index (χ0v) is 22.7. The second-order valence-electron chi connectivity index (χ2n) is 11.6. The summed E-state index contributed by atoms with van der Waals surface area (Å²) in [5.41, 5.74) is 2.68. The molecule has 0 heterocycles. The van der Waals surface area contributed by atoms with Gasteiger partial charge in [-0.15, -0.1) is 0 Å². The minimum Gasteiger partial charge on any atom is -0.481 e. The van der Waals surface area contributed by atoms with E-state index in [2.05, 4.69) is 0 Å². The van der Waals surface area contributed by atoms with E-state index in [4.69, 9.17) is 10.2 Å². The summed E-state index contributed by atoms with van der Waals surface area (Å²) in [6.07, 6.45) is 8.40. The molecule has 6 heteroatoms. The molecule has 0 atom stereocenters. The zero-order valence-electron chi connectivity index (χ0n) is 22.7. The lowest BCUT2D eigenvalue weighted by Crippen LogP contribution is -2.46. The molecule has 0 amide bonds.